The minimum absolute atomic E-state index is 0.0455. The van der Waals surface area contributed by atoms with Gasteiger partial charge in [-0.1, -0.05) is 23.4 Å². The van der Waals surface area contributed by atoms with E-state index in [4.69, 9.17) is 0 Å². The fourth-order valence-electron chi connectivity index (χ4n) is 1.85. The predicted octanol–water partition coefficient (Wildman–Crippen LogP) is 2.33. The summed E-state index contributed by atoms with van der Waals surface area (Å²) in [5.41, 5.74) is 2.36. The van der Waals surface area contributed by atoms with Gasteiger partial charge in [-0.25, -0.2) is 0 Å². The Bertz CT molecular complexity index is 609. The smallest absolute Gasteiger partial charge is 0.253 e. The zero-order valence-electron chi connectivity index (χ0n) is 12.1. The number of pyridine rings is 1. The Morgan fingerprint density at radius 2 is 2.05 bits per heavy atom. The van der Waals surface area contributed by atoms with Crippen LogP contribution in [-0.2, 0) is 11.4 Å². The highest BCUT2D eigenvalue weighted by molar-refractivity contribution is 5.94. The fraction of sp³-hybridized carbons (Fsp3) is 0.188. The Balaban J connectivity index is 2.03. The molecule has 0 aliphatic heterocycles. The molecule has 1 amide bonds. The number of hydrogen-bond donors (Lipinski definition) is 0. The van der Waals surface area contributed by atoms with Gasteiger partial charge in [-0.15, -0.1) is 0 Å². The second kappa shape index (κ2) is 7.19. The lowest BCUT2D eigenvalue weighted by Crippen LogP contribution is -2.26. The monoisotopic (exact) mass is 283 g/mol. The summed E-state index contributed by atoms with van der Waals surface area (Å²) in [5, 5.41) is 3.68. The zero-order valence-corrected chi connectivity index (χ0v) is 12.1. The molecule has 21 heavy (non-hydrogen) atoms. The summed E-state index contributed by atoms with van der Waals surface area (Å²) in [5.74, 6) is -0.0455. The van der Waals surface area contributed by atoms with E-state index in [1.54, 1.807) is 36.5 Å². The molecule has 5 nitrogen and oxygen atoms in total. The lowest BCUT2D eigenvalue weighted by molar-refractivity contribution is 0.0783. The predicted molar refractivity (Wildman–Crippen MR) is 81.1 cm³/mol. The van der Waals surface area contributed by atoms with Gasteiger partial charge in [0.2, 0.25) is 0 Å². The molecule has 0 radical (unpaired) electrons. The van der Waals surface area contributed by atoms with E-state index in [1.807, 2.05) is 30.3 Å². The summed E-state index contributed by atoms with van der Waals surface area (Å²) in [6, 6.07) is 12.8. The fourth-order valence-corrected chi connectivity index (χ4v) is 1.85. The van der Waals surface area contributed by atoms with Gasteiger partial charge < -0.3 is 9.74 Å². The molecule has 2 aromatic rings. The van der Waals surface area contributed by atoms with E-state index in [2.05, 4.69) is 15.0 Å². The maximum Gasteiger partial charge on any atom is 0.253 e. The molecule has 0 bridgehead atoms. The standard InChI is InChI=1S/C16H17N3O2/c1-19(12-15-5-3-4-10-17-15)16(20)14-8-6-13(7-9-14)11-18-21-2/h3-11H,12H2,1-2H3/b18-11+. The first-order chi connectivity index (χ1) is 10.2. The molecule has 0 aliphatic rings. The summed E-state index contributed by atoms with van der Waals surface area (Å²) in [4.78, 5) is 22.8. The minimum atomic E-state index is -0.0455. The summed E-state index contributed by atoms with van der Waals surface area (Å²) < 4.78 is 0. The van der Waals surface area contributed by atoms with Crippen LogP contribution in [0.2, 0.25) is 0 Å². The molecule has 0 aliphatic carbocycles. The second-order valence-corrected chi connectivity index (χ2v) is 4.52. The molecule has 1 aromatic heterocycles. The first kappa shape index (κ1) is 14.7. The third-order valence-electron chi connectivity index (χ3n) is 2.94. The zero-order chi connectivity index (χ0) is 15.1. The molecule has 108 valence electrons. The molecule has 0 atom stereocenters. The molecule has 5 heteroatoms. The van der Waals surface area contributed by atoms with Crippen LogP contribution < -0.4 is 0 Å². The van der Waals surface area contributed by atoms with Crippen molar-refractivity contribution in [3.63, 3.8) is 0 Å². The van der Waals surface area contributed by atoms with Gasteiger partial charge in [0, 0.05) is 18.8 Å². The number of carbonyl (C=O) groups is 1. The maximum atomic E-state index is 12.3. The van der Waals surface area contributed by atoms with E-state index >= 15 is 0 Å². The Morgan fingerprint density at radius 3 is 2.67 bits per heavy atom. The number of aromatic nitrogens is 1. The van der Waals surface area contributed by atoms with Gasteiger partial charge in [0.15, 0.2) is 0 Å². The van der Waals surface area contributed by atoms with Gasteiger partial charge >= 0.3 is 0 Å². The molecule has 1 heterocycles. The SMILES string of the molecule is CO/N=C/c1ccc(C(=O)N(C)Cc2ccccn2)cc1. The molecule has 0 saturated heterocycles. The highest BCUT2D eigenvalue weighted by Gasteiger charge is 2.12. The molecular weight excluding hydrogens is 266 g/mol. The first-order valence-electron chi connectivity index (χ1n) is 6.52. The van der Waals surface area contributed by atoms with Gasteiger partial charge in [-0.2, -0.15) is 0 Å². The van der Waals surface area contributed by atoms with Crippen LogP contribution >= 0.6 is 0 Å². The first-order valence-corrected chi connectivity index (χ1v) is 6.52. The van der Waals surface area contributed by atoms with Gasteiger partial charge in [-0.3, -0.25) is 9.78 Å². The van der Waals surface area contributed by atoms with Crippen molar-refractivity contribution in [2.24, 2.45) is 5.16 Å². The van der Waals surface area contributed by atoms with Crippen LogP contribution in [0.15, 0.2) is 53.8 Å². The van der Waals surface area contributed by atoms with Crippen LogP contribution in [-0.4, -0.2) is 36.2 Å². The van der Waals surface area contributed by atoms with E-state index in [-0.39, 0.29) is 5.91 Å². The van der Waals surface area contributed by atoms with Gasteiger partial charge in [0.1, 0.15) is 7.11 Å². The van der Waals surface area contributed by atoms with Crippen LogP contribution in [0.3, 0.4) is 0 Å². The summed E-state index contributed by atoms with van der Waals surface area (Å²) in [6.07, 6.45) is 3.31. The van der Waals surface area contributed by atoms with Crippen LogP contribution in [0.5, 0.6) is 0 Å². The topological polar surface area (TPSA) is 54.8 Å². The van der Waals surface area contributed by atoms with Crippen molar-refractivity contribution in [1.29, 1.82) is 0 Å². The molecule has 0 fully saturated rings. The number of nitrogens with zero attached hydrogens (tertiary/aromatic N) is 3. The molecular formula is C16H17N3O2. The van der Waals surface area contributed by atoms with Crippen LogP contribution in [0, 0.1) is 0 Å². The van der Waals surface area contributed by atoms with Crippen LogP contribution in [0.1, 0.15) is 21.6 Å². The van der Waals surface area contributed by atoms with Crippen molar-refractivity contribution < 1.29 is 9.63 Å². The largest absolute Gasteiger partial charge is 0.399 e. The van der Waals surface area contributed by atoms with E-state index in [1.165, 1.54) is 7.11 Å². The van der Waals surface area contributed by atoms with Crippen LogP contribution in [0.25, 0.3) is 0 Å². The Morgan fingerprint density at radius 1 is 1.29 bits per heavy atom. The molecule has 1 aromatic carbocycles. The molecule has 0 unspecified atom stereocenters. The number of rotatable bonds is 5. The van der Waals surface area contributed by atoms with E-state index in [9.17, 15) is 4.79 Å². The van der Waals surface area contributed by atoms with Crippen molar-refractivity contribution in [2.45, 2.75) is 6.54 Å². The lowest BCUT2D eigenvalue weighted by atomic mass is 10.1. The average Bonchev–Trinajstić information content (AvgIpc) is 2.53. The van der Waals surface area contributed by atoms with E-state index < -0.39 is 0 Å². The van der Waals surface area contributed by atoms with Crippen LogP contribution in [0.4, 0.5) is 0 Å². The maximum absolute atomic E-state index is 12.3. The van der Waals surface area contributed by atoms with Crippen molar-refractivity contribution in [3.05, 3.63) is 65.5 Å². The Labute approximate surface area is 123 Å². The van der Waals surface area contributed by atoms with Crippen molar-refractivity contribution in [3.8, 4) is 0 Å². The Kier molecular flexibility index (Phi) is 5.04. The minimum Gasteiger partial charge on any atom is -0.399 e. The van der Waals surface area contributed by atoms with Gasteiger partial charge in [0.25, 0.3) is 5.91 Å². The Hall–Kier alpha value is -2.69. The number of hydrogen-bond acceptors (Lipinski definition) is 4. The normalized spacial score (nSPS) is 10.6. The van der Waals surface area contributed by atoms with Gasteiger partial charge in [0.05, 0.1) is 18.5 Å². The second-order valence-electron chi connectivity index (χ2n) is 4.52. The van der Waals surface area contributed by atoms with Crippen molar-refractivity contribution >= 4 is 12.1 Å². The third-order valence-corrected chi connectivity index (χ3v) is 2.94. The highest BCUT2D eigenvalue weighted by atomic mass is 16.6. The molecule has 0 N–H and O–H groups in total. The molecule has 0 spiro atoms. The summed E-state index contributed by atoms with van der Waals surface area (Å²) in [7, 11) is 3.25. The third kappa shape index (κ3) is 4.14. The number of carbonyl (C=O) groups excluding carboxylic acids is 1. The van der Waals surface area contributed by atoms with Crippen molar-refractivity contribution in [2.75, 3.05) is 14.2 Å². The summed E-state index contributed by atoms with van der Waals surface area (Å²) >= 11 is 0. The number of amides is 1. The van der Waals surface area contributed by atoms with Crippen molar-refractivity contribution in [1.82, 2.24) is 9.88 Å². The molecule has 0 saturated carbocycles. The lowest BCUT2D eigenvalue weighted by Gasteiger charge is -2.16. The highest BCUT2D eigenvalue weighted by Crippen LogP contribution is 2.08. The molecule has 2 rings (SSSR count). The van der Waals surface area contributed by atoms with E-state index in [0.717, 1.165) is 11.3 Å². The quantitative estimate of drug-likeness (QED) is 0.625. The average molecular weight is 283 g/mol. The number of oxime groups is 1. The van der Waals surface area contributed by atoms with E-state index in [0.29, 0.717) is 12.1 Å². The number of benzene rings is 1. The summed E-state index contributed by atoms with van der Waals surface area (Å²) in [6.45, 7) is 0.479. The van der Waals surface area contributed by atoms with Gasteiger partial charge in [-0.05, 0) is 29.8 Å².